The van der Waals surface area contributed by atoms with Crippen molar-refractivity contribution in [1.29, 1.82) is 0 Å². The second-order valence-electron chi connectivity index (χ2n) is 4.23. The molecule has 0 heterocycles. The lowest BCUT2D eigenvalue weighted by Gasteiger charge is -2.24. The highest BCUT2D eigenvalue weighted by Crippen LogP contribution is 2.11. The lowest BCUT2D eigenvalue weighted by molar-refractivity contribution is 0.0972. The molecular formula is C14H19IN2OS. The van der Waals surface area contributed by atoms with Crippen LogP contribution in [0.3, 0.4) is 0 Å². The first-order chi connectivity index (χ1) is 9.10. The zero-order valence-corrected chi connectivity index (χ0v) is 14.3. The SMILES string of the molecule is CCCN(CCC)C(=S)NC(=O)c1ccccc1I. The van der Waals surface area contributed by atoms with Crippen molar-refractivity contribution in [3.05, 3.63) is 33.4 Å². The second-order valence-corrected chi connectivity index (χ2v) is 5.78. The summed E-state index contributed by atoms with van der Waals surface area (Å²) in [7, 11) is 0. The Morgan fingerprint density at radius 2 is 1.84 bits per heavy atom. The van der Waals surface area contributed by atoms with Crippen LogP contribution in [0.25, 0.3) is 0 Å². The molecule has 0 bridgehead atoms. The number of halogens is 1. The monoisotopic (exact) mass is 390 g/mol. The van der Waals surface area contributed by atoms with E-state index >= 15 is 0 Å². The highest BCUT2D eigenvalue weighted by atomic mass is 127. The van der Waals surface area contributed by atoms with Gasteiger partial charge in [-0.3, -0.25) is 10.1 Å². The number of carbonyl (C=O) groups is 1. The molecule has 0 aromatic heterocycles. The average Bonchev–Trinajstić information content (AvgIpc) is 2.38. The first-order valence-electron chi connectivity index (χ1n) is 6.44. The van der Waals surface area contributed by atoms with Crippen LogP contribution < -0.4 is 5.32 Å². The summed E-state index contributed by atoms with van der Waals surface area (Å²) in [6, 6.07) is 7.49. The van der Waals surface area contributed by atoms with E-state index in [-0.39, 0.29) is 5.91 Å². The molecule has 0 atom stereocenters. The van der Waals surface area contributed by atoms with Gasteiger partial charge in [0.2, 0.25) is 0 Å². The van der Waals surface area contributed by atoms with Gasteiger partial charge in [0.25, 0.3) is 5.91 Å². The normalized spacial score (nSPS) is 10.1. The van der Waals surface area contributed by atoms with Gasteiger partial charge in [0.1, 0.15) is 0 Å². The highest BCUT2D eigenvalue weighted by Gasteiger charge is 2.14. The van der Waals surface area contributed by atoms with Crippen LogP contribution >= 0.6 is 34.8 Å². The van der Waals surface area contributed by atoms with E-state index in [9.17, 15) is 4.79 Å². The molecule has 3 nitrogen and oxygen atoms in total. The van der Waals surface area contributed by atoms with Crippen molar-refractivity contribution in [3.8, 4) is 0 Å². The molecule has 0 saturated heterocycles. The molecular weight excluding hydrogens is 371 g/mol. The number of rotatable bonds is 5. The van der Waals surface area contributed by atoms with Crippen molar-refractivity contribution >= 4 is 45.8 Å². The molecule has 1 aromatic carbocycles. The number of hydrogen-bond acceptors (Lipinski definition) is 2. The lowest BCUT2D eigenvalue weighted by Crippen LogP contribution is -2.43. The molecule has 1 rings (SSSR count). The van der Waals surface area contributed by atoms with E-state index in [1.54, 1.807) is 0 Å². The molecule has 5 heteroatoms. The van der Waals surface area contributed by atoms with Gasteiger partial charge < -0.3 is 4.90 Å². The number of amides is 1. The van der Waals surface area contributed by atoms with Gasteiger partial charge in [-0.15, -0.1) is 0 Å². The molecule has 104 valence electrons. The molecule has 0 radical (unpaired) electrons. The van der Waals surface area contributed by atoms with Crippen LogP contribution in [0.2, 0.25) is 0 Å². The summed E-state index contributed by atoms with van der Waals surface area (Å²) in [5.41, 5.74) is 0.665. The van der Waals surface area contributed by atoms with E-state index in [4.69, 9.17) is 12.2 Å². The number of nitrogens with zero attached hydrogens (tertiary/aromatic N) is 1. The molecule has 0 fully saturated rings. The molecule has 0 aliphatic heterocycles. The van der Waals surface area contributed by atoms with E-state index in [0.29, 0.717) is 10.7 Å². The van der Waals surface area contributed by atoms with Crippen molar-refractivity contribution < 1.29 is 4.79 Å². The van der Waals surface area contributed by atoms with Crippen LogP contribution in [0.1, 0.15) is 37.0 Å². The van der Waals surface area contributed by atoms with E-state index in [2.05, 4.69) is 41.8 Å². The molecule has 0 aliphatic carbocycles. The third kappa shape index (κ3) is 5.06. The zero-order chi connectivity index (χ0) is 14.3. The molecule has 0 aliphatic rings. The molecule has 19 heavy (non-hydrogen) atoms. The molecule has 0 unspecified atom stereocenters. The maximum absolute atomic E-state index is 12.2. The number of carbonyl (C=O) groups excluding carboxylic acids is 1. The van der Waals surface area contributed by atoms with Crippen molar-refractivity contribution in [2.75, 3.05) is 13.1 Å². The Hall–Kier alpha value is -0.690. The van der Waals surface area contributed by atoms with E-state index in [0.717, 1.165) is 29.5 Å². The minimum Gasteiger partial charge on any atom is -0.349 e. The smallest absolute Gasteiger partial charge is 0.258 e. The fraction of sp³-hybridized carbons (Fsp3) is 0.429. The summed E-state index contributed by atoms with van der Waals surface area (Å²) in [5.74, 6) is -0.132. The van der Waals surface area contributed by atoms with Crippen LogP contribution in [0, 0.1) is 3.57 Å². The molecule has 1 aromatic rings. The van der Waals surface area contributed by atoms with E-state index < -0.39 is 0 Å². The quantitative estimate of drug-likeness (QED) is 0.618. The third-order valence-corrected chi connectivity index (χ3v) is 3.91. The minimum atomic E-state index is -0.132. The Morgan fingerprint density at radius 3 is 2.37 bits per heavy atom. The predicted molar refractivity (Wildman–Crippen MR) is 91.4 cm³/mol. The van der Waals surface area contributed by atoms with Crippen LogP contribution in [-0.4, -0.2) is 29.0 Å². The van der Waals surface area contributed by atoms with Crippen molar-refractivity contribution in [3.63, 3.8) is 0 Å². The first kappa shape index (κ1) is 16.4. The number of thiocarbonyl (C=S) groups is 1. The van der Waals surface area contributed by atoms with Gasteiger partial charge in [-0.1, -0.05) is 26.0 Å². The molecule has 1 amide bonds. The Morgan fingerprint density at radius 1 is 1.26 bits per heavy atom. The van der Waals surface area contributed by atoms with E-state index in [1.165, 1.54) is 0 Å². The van der Waals surface area contributed by atoms with Crippen LogP contribution in [-0.2, 0) is 0 Å². The van der Waals surface area contributed by atoms with Gasteiger partial charge in [-0.2, -0.15) is 0 Å². The first-order valence-corrected chi connectivity index (χ1v) is 7.93. The lowest BCUT2D eigenvalue weighted by atomic mass is 10.2. The Kier molecular flexibility index (Phi) is 7.30. The zero-order valence-electron chi connectivity index (χ0n) is 11.3. The van der Waals surface area contributed by atoms with E-state index in [1.807, 2.05) is 29.2 Å². The number of nitrogens with one attached hydrogen (secondary N) is 1. The third-order valence-electron chi connectivity index (χ3n) is 2.61. The summed E-state index contributed by atoms with van der Waals surface area (Å²) < 4.78 is 0.929. The standard InChI is InChI=1S/C14H19IN2OS/c1-3-9-17(10-4-2)14(19)16-13(18)11-7-5-6-8-12(11)15/h5-8H,3-4,9-10H2,1-2H3,(H,16,18,19). The van der Waals surface area contributed by atoms with Crippen molar-refractivity contribution in [2.45, 2.75) is 26.7 Å². The Labute approximate surface area is 133 Å². The fourth-order valence-corrected chi connectivity index (χ4v) is 2.65. The van der Waals surface area contributed by atoms with Crippen LogP contribution in [0.4, 0.5) is 0 Å². The Bertz CT molecular complexity index is 445. The van der Waals surface area contributed by atoms with Gasteiger partial charge in [-0.25, -0.2) is 0 Å². The van der Waals surface area contributed by atoms with Crippen LogP contribution in [0.5, 0.6) is 0 Å². The van der Waals surface area contributed by atoms with Gasteiger partial charge >= 0.3 is 0 Å². The summed E-state index contributed by atoms with van der Waals surface area (Å²) >= 11 is 7.47. The minimum absolute atomic E-state index is 0.132. The maximum atomic E-state index is 12.2. The molecule has 0 saturated carbocycles. The van der Waals surface area contributed by atoms with Crippen molar-refractivity contribution in [2.24, 2.45) is 0 Å². The molecule has 0 spiro atoms. The van der Waals surface area contributed by atoms with Gasteiger partial charge in [0, 0.05) is 16.7 Å². The summed E-state index contributed by atoms with van der Waals surface area (Å²) in [5, 5.41) is 3.34. The van der Waals surface area contributed by atoms with Gasteiger partial charge in [0.15, 0.2) is 5.11 Å². The maximum Gasteiger partial charge on any atom is 0.258 e. The highest BCUT2D eigenvalue weighted by molar-refractivity contribution is 14.1. The van der Waals surface area contributed by atoms with Crippen LogP contribution in [0.15, 0.2) is 24.3 Å². The predicted octanol–water partition coefficient (Wildman–Crippen LogP) is 3.43. The van der Waals surface area contributed by atoms with Gasteiger partial charge in [-0.05, 0) is 59.8 Å². The largest absolute Gasteiger partial charge is 0.349 e. The average molecular weight is 390 g/mol. The number of benzene rings is 1. The Balaban J connectivity index is 2.70. The fourth-order valence-electron chi connectivity index (χ4n) is 1.74. The summed E-state index contributed by atoms with van der Waals surface area (Å²) in [6.45, 7) is 5.96. The van der Waals surface area contributed by atoms with Gasteiger partial charge in [0.05, 0.1) is 5.56 Å². The summed E-state index contributed by atoms with van der Waals surface area (Å²) in [4.78, 5) is 14.2. The number of hydrogen-bond donors (Lipinski definition) is 1. The second kappa shape index (κ2) is 8.47. The van der Waals surface area contributed by atoms with Crippen molar-refractivity contribution in [1.82, 2.24) is 10.2 Å². The topological polar surface area (TPSA) is 32.3 Å². The molecule has 1 N–H and O–H groups in total. The summed E-state index contributed by atoms with van der Waals surface area (Å²) in [6.07, 6.45) is 2.03.